The Kier molecular flexibility index (Phi) is 22.6. The molecule has 0 aromatic heterocycles. The number of imide groups is 1. The summed E-state index contributed by atoms with van der Waals surface area (Å²) in [5.41, 5.74) is -0.831. The highest BCUT2D eigenvalue weighted by Gasteiger charge is 2.50. The summed E-state index contributed by atoms with van der Waals surface area (Å²) in [7, 11) is 3.99. The number of hydrogen-bond donors (Lipinski definition) is 11. The summed E-state index contributed by atoms with van der Waals surface area (Å²) in [5, 5.41) is 70.8. The Morgan fingerprint density at radius 2 is 1.00 bits per heavy atom. The van der Waals surface area contributed by atoms with Gasteiger partial charge in [-0.2, -0.15) is 4.48 Å². The molecular formula is C32H39I6N6O13+. The van der Waals surface area contributed by atoms with Crippen LogP contribution in [-0.2, 0) is 14.3 Å². The fourth-order valence-corrected chi connectivity index (χ4v) is 14.4. The van der Waals surface area contributed by atoms with Crippen LogP contribution in [0, 0.1) is 21.4 Å². The van der Waals surface area contributed by atoms with Crippen molar-refractivity contribution < 1.29 is 64.1 Å². The number of anilines is 1. The molecule has 6 amide bonds. The molecule has 0 spiro atoms. The van der Waals surface area contributed by atoms with E-state index in [0.29, 0.717) is 0 Å². The second-order valence-electron chi connectivity index (χ2n) is 12.0. The van der Waals surface area contributed by atoms with E-state index in [0.717, 1.165) is 0 Å². The molecule has 2 rings (SSSR count). The van der Waals surface area contributed by atoms with Crippen LogP contribution in [0.3, 0.4) is 0 Å². The third kappa shape index (κ3) is 12.6. The first kappa shape index (κ1) is 52.8. The highest BCUT2D eigenvalue weighted by molar-refractivity contribution is 14.1. The van der Waals surface area contributed by atoms with Crippen LogP contribution in [0.25, 0.3) is 0 Å². The highest BCUT2D eigenvalue weighted by Crippen LogP contribution is 2.44. The van der Waals surface area contributed by atoms with Crippen LogP contribution in [0.4, 0.5) is 11.4 Å². The normalized spacial score (nSPS) is 13.9. The Morgan fingerprint density at radius 1 is 0.632 bits per heavy atom. The van der Waals surface area contributed by atoms with E-state index in [-0.39, 0.29) is 61.6 Å². The number of amides is 6. The summed E-state index contributed by atoms with van der Waals surface area (Å²) in [5.74, 6) is -4.90. The molecular weight excluding hydrogens is 1440 g/mol. The van der Waals surface area contributed by atoms with Gasteiger partial charge in [-0.05, 0) is 143 Å². The van der Waals surface area contributed by atoms with E-state index in [9.17, 15) is 54.6 Å². The van der Waals surface area contributed by atoms with Crippen molar-refractivity contribution in [3.8, 4) is 0 Å². The van der Waals surface area contributed by atoms with E-state index in [1.807, 2.05) is 22.6 Å². The van der Waals surface area contributed by atoms with E-state index in [2.05, 4.69) is 26.6 Å². The van der Waals surface area contributed by atoms with E-state index in [1.54, 1.807) is 113 Å². The molecule has 0 saturated heterocycles. The molecule has 0 aliphatic carbocycles. The third-order valence-corrected chi connectivity index (χ3v) is 14.3. The van der Waals surface area contributed by atoms with Gasteiger partial charge >= 0.3 is 11.8 Å². The molecule has 0 aliphatic heterocycles. The van der Waals surface area contributed by atoms with Gasteiger partial charge in [0, 0.05) is 33.9 Å². The average molecular weight is 1480 g/mol. The minimum absolute atomic E-state index is 0.0134. The fourth-order valence-electron chi connectivity index (χ4n) is 4.87. The van der Waals surface area contributed by atoms with Crippen LogP contribution >= 0.6 is 136 Å². The Balaban J connectivity index is 3.22. The van der Waals surface area contributed by atoms with Crippen molar-refractivity contribution in [3.63, 3.8) is 0 Å². The SMILES string of the molecule is CNCC(=O)[N+](C)(C(=O)c1c(I)c(NC(=O)COC)c(I)c(C(=O)NCC(O)CO)c1I)c1c(I)c(C(=O)NCC(O)CO)c(I)c(C(=O)NCC(O)CO)c1I. The minimum Gasteiger partial charge on any atom is -0.394 e. The molecule has 19 nitrogen and oxygen atoms in total. The summed E-state index contributed by atoms with van der Waals surface area (Å²) in [6.45, 7) is -4.06. The Hall–Kier alpha value is -0.320. The van der Waals surface area contributed by atoms with Crippen molar-refractivity contribution in [2.45, 2.75) is 18.3 Å². The van der Waals surface area contributed by atoms with Crippen LogP contribution in [0.2, 0.25) is 0 Å². The number of aliphatic hydroxyl groups excluding tert-OH is 6. The number of likely N-dealkylation sites (N-methyl/N-ethyl adjacent to an activating group) is 2. The largest absolute Gasteiger partial charge is 0.394 e. The lowest BCUT2D eigenvalue weighted by Gasteiger charge is -2.33. The molecule has 0 bridgehead atoms. The maximum absolute atomic E-state index is 15.5. The van der Waals surface area contributed by atoms with Gasteiger partial charge in [0.1, 0.15) is 18.7 Å². The van der Waals surface area contributed by atoms with Crippen LogP contribution < -0.4 is 31.1 Å². The van der Waals surface area contributed by atoms with Crippen LogP contribution in [0.5, 0.6) is 0 Å². The zero-order valence-corrected chi connectivity index (χ0v) is 43.1. The number of aliphatic hydroxyl groups is 6. The number of nitrogens with one attached hydrogen (secondary N) is 5. The second-order valence-corrected chi connectivity index (χ2v) is 18.4. The highest BCUT2D eigenvalue weighted by atomic mass is 127. The van der Waals surface area contributed by atoms with Crippen LogP contribution in [0.1, 0.15) is 41.4 Å². The lowest BCUT2D eigenvalue weighted by atomic mass is 10.0. The molecule has 316 valence electrons. The molecule has 2 aromatic carbocycles. The molecule has 25 heteroatoms. The van der Waals surface area contributed by atoms with Gasteiger partial charge in [0.25, 0.3) is 17.7 Å². The van der Waals surface area contributed by atoms with Crippen molar-refractivity contribution in [3.05, 3.63) is 43.7 Å². The van der Waals surface area contributed by atoms with E-state index >= 15 is 4.79 Å². The summed E-state index contributed by atoms with van der Waals surface area (Å²) in [4.78, 5) is 84.4. The summed E-state index contributed by atoms with van der Waals surface area (Å²) >= 11 is 10.7. The number of rotatable bonds is 19. The molecule has 0 radical (unpaired) electrons. The average Bonchev–Trinajstić information content (AvgIpc) is 3.16. The van der Waals surface area contributed by atoms with E-state index < -0.39 is 104 Å². The molecule has 11 N–H and O–H groups in total. The predicted octanol–water partition coefficient (Wildman–Crippen LogP) is -0.328. The standard InChI is InChI=1S/C32H38I6N6O13/c1-39-7-16(52)44(2,28-25(37)18(30(54)41-5-13(49)9-46)21(33)19(26(28)38)31(55)42-6-14(50)10-47)32(56)20-22(34)17(29(53)40-4-12(48)8-45)23(35)27(24(20)36)43-15(51)11-57-3/h12-14,39,45-50H,4-11H2,1-3H3,(H3-,40,41,42,43,51,53,54,55)/p+1. The van der Waals surface area contributed by atoms with Crippen molar-refractivity contribution in [1.29, 1.82) is 0 Å². The number of halogens is 6. The monoisotopic (exact) mass is 1480 g/mol. The number of ether oxygens (including phenoxy) is 1. The first-order chi connectivity index (χ1) is 26.7. The summed E-state index contributed by atoms with van der Waals surface area (Å²) in [6, 6.07) is 0. The van der Waals surface area contributed by atoms with Gasteiger partial charge in [-0.15, -0.1) is 0 Å². The first-order valence-electron chi connectivity index (χ1n) is 16.2. The second kappa shape index (κ2) is 24.4. The molecule has 0 saturated carbocycles. The maximum Gasteiger partial charge on any atom is 0.360 e. The quantitative estimate of drug-likeness (QED) is 0.0635. The molecule has 0 heterocycles. The van der Waals surface area contributed by atoms with Crippen LogP contribution in [-0.4, -0.2) is 158 Å². The van der Waals surface area contributed by atoms with Crippen molar-refractivity contribution in [2.75, 3.05) is 79.1 Å². The molecule has 0 fully saturated rings. The van der Waals surface area contributed by atoms with Crippen molar-refractivity contribution in [1.82, 2.24) is 25.8 Å². The minimum atomic E-state index is -1.35. The molecule has 2 aromatic rings. The predicted molar refractivity (Wildman–Crippen MR) is 257 cm³/mol. The number of nitrogens with zero attached hydrogens (tertiary/aromatic N) is 1. The number of quaternary nitrogens is 1. The summed E-state index contributed by atoms with van der Waals surface area (Å²) in [6.07, 6.45) is -4.02. The zero-order chi connectivity index (χ0) is 43.5. The van der Waals surface area contributed by atoms with Gasteiger partial charge in [-0.1, -0.05) is 0 Å². The smallest absolute Gasteiger partial charge is 0.360 e. The van der Waals surface area contributed by atoms with Crippen molar-refractivity contribution in [2.24, 2.45) is 0 Å². The van der Waals surface area contributed by atoms with Crippen molar-refractivity contribution >= 4 is 182 Å². The van der Waals surface area contributed by atoms with E-state index in [1.165, 1.54) is 21.2 Å². The van der Waals surface area contributed by atoms with Gasteiger partial charge in [0.15, 0.2) is 5.69 Å². The van der Waals surface area contributed by atoms with Gasteiger partial charge in [0.2, 0.25) is 5.91 Å². The Bertz CT molecular complexity index is 1840. The van der Waals surface area contributed by atoms with Gasteiger partial charge in [-0.25, -0.2) is 9.59 Å². The number of hydrogen-bond acceptors (Lipinski definition) is 14. The first-order valence-corrected chi connectivity index (χ1v) is 22.7. The number of methoxy groups -OCH3 is 1. The number of carbonyl (C=O) groups is 6. The van der Waals surface area contributed by atoms with Gasteiger partial charge in [0.05, 0.1) is 81.8 Å². The van der Waals surface area contributed by atoms with Gasteiger partial charge in [-0.3, -0.25) is 19.2 Å². The lowest BCUT2D eigenvalue weighted by Crippen LogP contribution is -2.59. The van der Waals surface area contributed by atoms with E-state index in [4.69, 9.17) is 4.74 Å². The topological polar surface area (TPSA) is 293 Å². The molecule has 0 aliphatic rings. The Morgan fingerprint density at radius 3 is 1.37 bits per heavy atom. The fraction of sp³-hybridized carbons (Fsp3) is 0.438. The Labute approximate surface area is 408 Å². The molecule has 4 unspecified atom stereocenters. The van der Waals surface area contributed by atoms with Gasteiger partial charge < -0.3 is 62.0 Å². The molecule has 57 heavy (non-hydrogen) atoms. The number of carbonyl (C=O) groups excluding carboxylic acids is 6. The molecule has 4 atom stereocenters. The zero-order valence-electron chi connectivity index (χ0n) is 30.1. The van der Waals surface area contributed by atoms with Crippen LogP contribution in [0.15, 0.2) is 0 Å². The third-order valence-electron chi connectivity index (χ3n) is 7.85. The maximum atomic E-state index is 15.5. The lowest BCUT2D eigenvalue weighted by molar-refractivity contribution is -0.126. The summed E-state index contributed by atoms with van der Waals surface area (Å²) < 4.78 is 4.13. The number of benzene rings is 2.